The fourth-order valence-electron chi connectivity index (χ4n) is 1.95. The molecule has 0 saturated carbocycles. The van der Waals surface area contributed by atoms with Crippen molar-refractivity contribution in [2.24, 2.45) is 0 Å². The Bertz CT molecular complexity index is 582. The summed E-state index contributed by atoms with van der Waals surface area (Å²) in [6.07, 6.45) is 4.57. The molecule has 124 valence electrons. The normalized spacial score (nSPS) is 13.4. The molecule has 0 radical (unpaired) electrons. The third kappa shape index (κ3) is 5.65. The Kier molecular flexibility index (Phi) is 6.47. The molecule has 1 amide bonds. The molecule has 0 unspecified atom stereocenters. The summed E-state index contributed by atoms with van der Waals surface area (Å²) in [7, 11) is 0. The molecule has 1 aliphatic heterocycles. The van der Waals surface area contributed by atoms with Gasteiger partial charge in [-0.3, -0.25) is 4.79 Å². The molecule has 0 fully saturated rings. The average molecular weight is 319 g/mol. The highest BCUT2D eigenvalue weighted by Gasteiger charge is 2.10. The van der Waals surface area contributed by atoms with E-state index in [1.54, 1.807) is 12.1 Å². The van der Waals surface area contributed by atoms with Crippen molar-refractivity contribution in [2.75, 3.05) is 26.4 Å². The van der Waals surface area contributed by atoms with Crippen molar-refractivity contribution in [2.45, 2.75) is 19.8 Å². The minimum absolute atomic E-state index is 0.273. The van der Waals surface area contributed by atoms with E-state index in [2.05, 4.69) is 5.32 Å². The number of ether oxygens (including phenoxy) is 3. The van der Waals surface area contributed by atoms with Crippen molar-refractivity contribution in [3.8, 4) is 11.5 Å². The zero-order chi connectivity index (χ0) is 16.5. The predicted molar refractivity (Wildman–Crippen MR) is 85.3 cm³/mol. The Morgan fingerprint density at radius 3 is 2.83 bits per heavy atom. The SMILES string of the molecule is CCCNC(=O)COC(=O)/C=C/c1ccc2c(c1)OCCCO2. The zero-order valence-electron chi connectivity index (χ0n) is 13.2. The van der Waals surface area contributed by atoms with E-state index in [9.17, 15) is 9.59 Å². The van der Waals surface area contributed by atoms with Gasteiger partial charge in [0.1, 0.15) is 0 Å². The van der Waals surface area contributed by atoms with E-state index in [0.717, 1.165) is 18.4 Å². The summed E-state index contributed by atoms with van der Waals surface area (Å²) in [6.45, 7) is 3.49. The van der Waals surface area contributed by atoms with Crippen molar-refractivity contribution >= 4 is 18.0 Å². The molecule has 1 heterocycles. The van der Waals surface area contributed by atoms with Gasteiger partial charge < -0.3 is 19.5 Å². The summed E-state index contributed by atoms with van der Waals surface area (Å²) in [5.41, 5.74) is 0.793. The van der Waals surface area contributed by atoms with E-state index in [1.165, 1.54) is 6.08 Å². The molecule has 2 rings (SSSR count). The van der Waals surface area contributed by atoms with Gasteiger partial charge in [0.05, 0.1) is 13.2 Å². The summed E-state index contributed by atoms with van der Waals surface area (Å²) in [5, 5.41) is 2.63. The number of hydrogen-bond acceptors (Lipinski definition) is 5. The fourth-order valence-corrected chi connectivity index (χ4v) is 1.95. The summed E-state index contributed by atoms with van der Waals surface area (Å²) in [6, 6.07) is 5.44. The maximum absolute atomic E-state index is 11.6. The van der Waals surface area contributed by atoms with Gasteiger partial charge in [0.2, 0.25) is 0 Å². The maximum Gasteiger partial charge on any atom is 0.331 e. The summed E-state index contributed by atoms with van der Waals surface area (Å²) < 4.78 is 16.0. The Labute approximate surface area is 135 Å². The number of carbonyl (C=O) groups excluding carboxylic acids is 2. The second-order valence-corrected chi connectivity index (χ2v) is 5.05. The average Bonchev–Trinajstić information content (AvgIpc) is 2.81. The van der Waals surface area contributed by atoms with Crippen LogP contribution in [0.25, 0.3) is 6.08 Å². The molecule has 1 aromatic rings. The molecule has 0 spiro atoms. The monoisotopic (exact) mass is 319 g/mol. The highest BCUT2D eigenvalue weighted by Crippen LogP contribution is 2.30. The van der Waals surface area contributed by atoms with Crippen LogP contribution < -0.4 is 14.8 Å². The molecule has 6 heteroatoms. The van der Waals surface area contributed by atoms with E-state index >= 15 is 0 Å². The van der Waals surface area contributed by atoms with Crippen LogP contribution in [0.15, 0.2) is 24.3 Å². The smallest absolute Gasteiger partial charge is 0.331 e. The van der Waals surface area contributed by atoms with E-state index in [4.69, 9.17) is 14.2 Å². The molecule has 0 bridgehead atoms. The second kappa shape index (κ2) is 8.82. The Morgan fingerprint density at radius 2 is 2.04 bits per heavy atom. The van der Waals surface area contributed by atoms with E-state index < -0.39 is 5.97 Å². The topological polar surface area (TPSA) is 73.9 Å². The van der Waals surface area contributed by atoms with Crippen molar-refractivity contribution in [1.82, 2.24) is 5.32 Å². The van der Waals surface area contributed by atoms with Gasteiger partial charge in [0, 0.05) is 19.0 Å². The number of benzene rings is 1. The van der Waals surface area contributed by atoms with E-state index in [0.29, 0.717) is 31.3 Å². The number of fused-ring (bicyclic) bond motifs is 1. The first kappa shape index (κ1) is 16.9. The standard InChI is InChI=1S/C17H21NO5/c1-2-8-18-16(19)12-23-17(20)7-5-13-4-6-14-15(11-13)22-10-3-9-21-14/h4-7,11H,2-3,8-10,12H2,1H3,(H,18,19)/b7-5+. The molecule has 0 saturated heterocycles. The van der Waals surface area contributed by atoms with Crippen LogP contribution in [-0.4, -0.2) is 38.2 Å². The van der Waals surface area contributed by atoms with Crippen molar-refractivity contribution in [3.05, 3.63) is 29.8 Å². The summed E-state index contributed by atoms with van der Waals surface area (Å²) in [5.74, 6) is 0.500. The van der Waals surface area contributed by atoms with Crippen LogP contribution in [0.4, 0.5) is 0 Å². The van der Waals surface area contributed by atoms with Gasteiger partial charge in [-0.05, 0) is 30.2 Å². The first-order valence-corrected chi connectivity index (χ1v) is 7.70. The van der Waals surface area contributed by atoms with Crippen LogP contribution in [0.5, 0.6) is 11.5 Å². The zero-order valence-corrected chi connectivity index (χ0v) is 13.2. The highest BCUT2D eigenvalue weighted by atomic mass is 16.5. The molecule has 23 heavy (non-hydrogen) atoms. The van der Waals surface area contributed by atoms with Crippen LogP contribution in [0, 0.1) is 0 Å². The van der Waals surface area contributed by atoms with Gasteiger partial charge >= 0.3 is 5.97 Å². The first-order chi connectivity index (χ1) is 11.2. The second-order valence-electron chi connectivity index (χ2n) is 5.05. The van der Waals surface area contributed by atoms with Crippen LogP contribution >= 0.6 is 0 Å². The van der Waals surface area contributed by atoms with Gasteiger partial charge in [-0.25, -0.2) is 4.79 Å². The summed E-state index contributed by atoms with van der Waals surface area (Å²) >= 11 is 0. The van der Waals surface area contributed by atoms with Crippen LogP contribution in [0.3, 0.4) is 0 Å². The third-order valence-electron chi connectivity index (χ3n) is 3.10. The number of nitrogens with one attached hydrogen (secondary N) is 1. The molecule has 1 N–H and O–H groups in total. The fraction of sp³-hybridized carbons (Fsp3) is 0.412. The van der Waals surface area contributed by atoms with Crippen molar-refractivity contribution in [1.29, 1.82) is 0 Å². The van der Waals surface area contributed by atoms with E-state index in [-0.39, 0.29) is 12.5 Å². The molecule has 0 atom stereocenters. The molecule has 1 aromatic carbocycles. The van der Waals surface area contributed by atoms with Gasteiger partial charge in [0.15, 0.2) is 18.1 Å². The number of amides is 1. The van der Waals surface area contributed by atoms with Crippen LogP contribution in [0.1, 0.15) is 25.3 Å². The highest BCUT2D eigenvalue weighted by molar-refractivity contribution is 5.89. The van der Waals surface area contributed by atoms with Crippen molar-refractivity contribution in [3.63, 3.8) is 0 Å². The number of hydrogen-bond donors (Lipinski definition) is 1. The summed E-state index contributed by atoms with van der Waals surface area (Å²) in [4.78, 5) is 22.9. The third-order valence-corrected chi connectivity index (χ3v) is 3.10. The van der Waals surface area contributed by atoms with E-state index in [1.807, 2.05) is 19.1 Å². The quantitative estimate of drug-likeness (QED) is 0.640. The first-order valence-electron chi connectivity index (χ1n) is 7.70. The number of rotatable bonds is 6. The van der Waals surface area contributed by atoms with Crippen LogP contribution in [0.2, 0.25) is 0 Å². The molecule has 0 aliphatic carbocycles. The lowest BCUT2D eigenvalue weighted by Crippen LogP contribution is -2.28. The lowest BCUT2D eigenvalue weighted by molar-refractivity contribution is -0.143. The van der Waals surface area contributed by atoms with Gasteiger partial charge in [-0.1, -0.05) is 13.0 Å². The number of carbonyl (C=O) groups is 2. The minimum atomic E-state index is -0.566. The predicted octanol–water partition coefficient (Wildman–Crippen LogP) is 1.93. The molecular formula is C17H21NO5. The molecule has 6 nitrogen and oxygen atoms in total. The van der Waals surface area contributed by atoms with Gasteiger partial charge in [0.25, 0.3) is 5.91 Å². The molecule has 1 aliphatic rings. The van der Waals surface area contributed by atoms with Gasteiger partial charge in [-0.2, -0.15) is 0 Å². The number of esters is 1. The van der Waals surface area contributed by atoms with Crippen molar-refractivity contribution < 1.29 is 23.8 Å². The minimum Gasteiger partial charge on any atom is -0.490 e. The lowest BCUT2D eigenvalue weighted by atomic mass is 10.2. The van der Waals surface area contributed by atoms with Crippen LogP contribution in [-0.2, 0) is 14.3 Å². The maximum atomic E-state index is 11.6. The Hall–Kier alpha value is -2.50. The largest absolute Gasteiger partial charge is 0.490 e. The lowest BCUT2D eigenvalue weighted by Gasteiger charge is -2.07. The molecular weight excluding hydrogens is 298 g/mol. The Balaban J connectivity index is 1.86. The Morgan fingerprint density at radius 1 is 1.26 bits per heavy atom. The molecule has 0 aromatic heterocycles. The van der Waals surface area contributed by atoms with Gasteiger partial charge in [-0.15, -0.1) is 0 Å².